The molecule has 1 aromatic heterocycles. The predicted octanol–water partition coefficient (Wildman–Crippen LogP) is 3.07. The number of carbonyl (C=O) groups is 2. The molecule has 6 heteroatoms. The Labute approximate surface area is 152 Å². The van der Waals surface area contributed by atoms with Gasteiger partial charge in [0.15, 0.2) is 10.9 Å². The highest BCUT2D eigenvalue weighted by Gasteiger charge is 2.23. The molecule has 0 aliphatic carbocycles. The van der Waals surface area contributed by atoms with Gasteiger partial charge in [0.2, 0.25) is 5.91 Å². The zero-order chi connectivity index (χ0) is 17.8. The van der Waals surface area contributed by atoms with Crippen LogP contribution < -0.4 is 4.90 Å². The van der Waals surface area contributed by atoms with Crippen LogP contribution >= 0.6 is 11.3 Å². The van der Waals surface area contributed by atoms with Gasteiger partial charge in [0.05, 0.1) is 0 Å². The van der Waals surface area contributed by atoms with Crippen LogP contribution in [0, 0.1) is 13.8 Å². The summed E-state index contributed by atoms with van der Waals surface area (Å²) in [7, 11) is 0. The molecule has 1 aromatic carbocycles. The van der Waals surface area contributed by atoms with Crippen molar-refractivity contribution in [1.82, 2.24) is 9.88 Å². The summed E-state index contributed by atoms with van der Waals surface area (Å²) in [5.41, 5.74) is 2.78. The monoisotopic (exact) mass is 357 g/mol. The second-order valence-corrected chi connectivity index (χ2v) is 7.30. The second kappa shape index (κ2) is 7.78. The molecular formula is C19H23N3O2S. The number of carbonyl (C=O) groups excluding carboxylic acids is 2. The van der Waals surface area contributed by atoms with Crippen molar-refractivity contribution >= 4 is 28.2 Å². The number of amides is 1. The largest absolute Gasteiger partial charge is 0.345 e. The first kappa shape index (κ1) is 17.6. The van der Waals surface area contributed by atoms with Crippen molar-refractivity contribution in [2.75, 3.05) is 31.1 Å². The van der Waals surface area contributed by atoms with Crippen LogP contribution in [0.25, 0.3) is 0 Å². The molecule has 0 saturated carbocycles. The van der Waals surface area contributed by atoms with Crippen molar-refractivity contribution in [1.29, 1.82) is 0 Å². The van der Waals surface area contributed by atoms with Crippen LogP contribution in [0.4, 0.5) is 5.13 Å². The van der Waals surface area contributed by atoms with Crippen molar-refractivity contribution in [3.05, 3.63) is 46.5 Å². The third kappa shape index (κ3) is 4.25. The Morgan fingerprint density at radius 2 is 1.88 bits per heavy atom. The maximum Gasteiger partial charge on any atom is 0.223 e. The Hall–Kier alpha value is -2.21. The summed E-state index contributed by atoms with van der Waals surface area (Å²) in [6.45, 7) is 6.89. The van der Waals surface area contributed by atoms with Gasteiger partial charge in [-0.25, -0.2) is 4.98 Å². The second-order valence-electron chi connectivity index (χ2n) is 6.42. The average molecular weight is 357 g/mol. The molecule has 132 valence electrons. The summed E-state index contributed by atoms with van der Waals surface area (Å²) in [4.78, 5) is 33.2. The highest BCUT2D eigenvalue weighted by Crippen LogP contribution is 2.19. The number of aromatic nitrogens is 1. The number of piperazine rings is 1. The van der Waals surface area contributed by atoms with Gasteiger partial charge >= 0.3 is 0 Å². The van der Waals surface area contributed by atoms with E-state index in [1.165, 1.54) is 0 Å². The number of hydrogen-bond acceptors (Lipinski definition) is 5. The number of benzene rings is 1. The van der Waals surface area contributed by atoms with Crippen LogP contribution in [0.5, 0.6) is 0 Å². The summed E-state index contributed by atoms with van der Waals surface area (Å²) in [6.07, 6.45) is 2.36. The average Bonchev–Trinajstić information content (AvgIpc) is 3.16. The van der Waals surface area contributed by atoms with E-state index in [9.17, 15) is 9.59 Å². The maximum absolute atomic E-state index is 12.4. The van der Waals surface area contributed by atoms with Crippen LogP contribution in [-0.2, 0) is 4.79 Å². The molecule has 0 radical (unpaired) electrons. The van der Waals surface area contributed by atoms with E-state index in [2.05, 4.69) is 9.88 Å². The first-order valence-electron chi connectivity index (χ1n) is 8.57. The Bertz CT molecular complexity index is 750. The smallest absolute Gasteiger partial charge is 0.223 e. The van der Waals surface area contributed by atoms with E-state index in [1.54, 1.807) is 17.5 Å². The van der Waals surface area contributed by atoms with E-state index in [0.717, 1.165) is 34.9 Å². The molecule has 1 amide bonds. The molecule has 1 aliphatic rings. The minimum atomic E-state index is 0.0518. The first-order chi connectivity index (χ1) is 12.0. The van der Waals surface area contributed by atoms with Gasteiger partial charge in [-0.1, -0.05) is 17.7 Å². The van der Waals surface area contributed by atoms with Crippen molar-refractivity contribution in [3.63, 3.8) is 0 Å². The fraction of sp³-hybridized carbons (Fsp3) is 0.421. The van der Waals surface area contributed by atoms with Crippen LogP contribution in [0.3, 0.4) is 0 Å². The number of hydrogen-bond donors (Lipinski definition) is 0. The van der Waals surface area contributed by atoms with Gasteiger partial charge in [-0.3, -0.25) is 9.59 Å². The number of rotatable bonds is 5. The summed E-state index contributed by atoms with van der Waals surface area (Å²) < 4.78 is 0. The zero-order valence-electron chi connectivity index (χ0n) is 14.7. The normalized spacial score (nSPS) is 14.6. The molecule has 1 aliphatic heterocycles. The molecular weight excluding hydrogens is 334 g/mol. The van der Waals surface area contributed by atoms with Crippen LogP contribution in [-0.4, -0.2) is 47.8 Å². The topological polar surface area (TPSA) is 53.5 Å². The summed E-state index contributed by atoms with van der Waals surface area (Å²) in [6, 6.07) is 5.87. The maximum atomic E-state index is 12.4. The van der Waals surface area contributed by atoms with Crippen molar-refractivity contribution in [2.24, 2.45) is 0 Å². The van der Waals surface area contributed by atoms with Gasteiger partial charge in [-0.15, -0.1) is 11.3 Å². The summed E-state index contributed by atoms with van der Waals surface area (Å²) >= 11 is 1.62. The van der Waals surface area contributed by atoms with Crippen molar-refractivity contribution in [2.45, 2.75) is 26.7 Å². The lowest BCUT2D eigenvalue weighted by molar-refractivity contribution is -0.131. The van der Waals surface area contributed by atoms with Gasteiger partial charge in [0.1, 0.15) is 0 Å². The zero-order valence-corrected chi connectivity index (χ0v) is 15.5. The van der Waals surface area contributed by atoms with E-state index in [1.807, 2.05) is 42.3 Å². The molecule has 1 saturated heterocycles. The van der Waals surface area contributed by atoms with Crippen molar-refractivity contribution in [3.8, 4) is 0 Å². The number of nitrogens with zero attached hydrogens (tertiary/aromatic N) is 3. The fourth-order valence-corrected chi connectivity index (χ4v) is 3.77. The Morgan fingerprint density at radius 3 is 2.56 bits per heavy atom. The van der Waals surface area contributed by atoms with E-state index in [4.69, 9.17) is 0 Å². The molecule has 3 rings (SSSR count). The quantitative estimate of drug-likeness (QED) is 0.772. The molecule has 0 N–H and O–H groups in total. The molecule has 5 nitrogen and oxygen atoms in total. The summed E-state index contributed by atoms with van der Waals surface area (Å²) in [5, 5.41) is 2.98. The van der Waals surface area contributed by atoms with E-state index in [-0.39, 0.29) is 24.5 Å². The number of thiazole rings is 1. The molecule has 25 heavy (non-hydrogen) atoms. The van der Waals surface area contributed by atoms with E-state index in [0.29, 0.717) is 13.1 Å². The van der Waals surface area contributed by atoms with Gasteiger partial charge < -0.3 is 9.80 Å². The Morgan fingerprint density at radius 1 is 1.12 bits per heavy atom. The minimum Gasteiger partial charge on any atom is -0.345 e. The SMILES string of the molecule is Cc1ccc(C)c(C(=O)CCC(=O)N2CCN(c3nccs3)CC2)c1. The lowest BCUT2D eigenvalue weighted by Crippen LogP contribution is -2.48. The number of Topliss-reactive ketones (excluding diaryl/α,β-unsaturated/α-hetero) is 1. The number of anilines is 1. The van der Waals surface area contributed by atoms with Crippen molar-refractivity contribution < 1.29 is 9.59 Å². The van der Waals surface area contributed by atoms with Gasteiger partial charge in [-0.2, -0.15) is 0 Å². The minimum absolute atomic E-state index is 0.0518. The predicted molar refractivity (Wildman–Crippen MR) is 100 cm³/mol. The van der Waals surface area contributed by atoms with Gasteiger partial charge in [0.25, 0.3) is 0 Å². The highest BCUT2D eigenvalue weighted by atomic mass is 32.1. The molecule has 2 heterocycles. The molecule has 0 bridgehead atoms. The van der Waals surface area contributed by atoms with Gasteiger partial charge in [-0.05, 0) is 25.5 Å². The van der Waals surface area contributed by atoms with Crippen LogP contribution in [0.2, 0.25) is 0 Å². The standard InChI is InChI=1S/C19H23N3O2S/c1-14-3-4-15(2)16(13-14)17(23)5-6-18(24)21-8-10-22(11-9-21)19-20-7-12-25-19/h3-4,7,12-13H,5-6,8-11H2,1-2H3. The first-order valence-corrected chi connectivity index (χ1v) is 9.45. The van der Waals surface area contributed by atoms with Crippen LogP contribution in [0.15, 0.2) is 29.8 Å². The van der Waals surface area contributed by atoms with E-state index < -0.39 is 0 Å². The highest BCUT2D eigenvalue weighted by molar-refractivity contribution is 7.13. The molecule has 2 aromatic rings. The van der Waals surface area contributed by atoms with E-state index >= 15 is 0 Å². The molecule has 0 spiro atoms. The lowest BCUT2D eigenvalue weighted by atomic mass is 9.99. The molecule has 1 fully saturated rings. The fourth-order valence-electron chi connectivity index (χ4n) is 3.07. The Balaban J connectivity index is 1.50. The summed E-state index contributed by atoms with van der Waals surface area (Å²) in [5.74, 6) is 0.119. The van der Waals surface area contributed by atoms with Gasteiger partial charge in [0, 0.05) is 56.2 Å². The Kier molecular flexibility index (Phi) is 5.48. The molecule has 0 unspecified atom stereocenters. The molecule has 0 atom stereocenters. The number of aryl methyl sites for hydroxylation is 2. The third-order valence-electron chi connectivity index (χ3n) is 4.58. The lowest BCUT2D eigenvalue weighted by Gasteiger charge is -2.34. The number of ketones is 1. The third-order valence-corrected chi connectivity index (χ3v) is 5.41. The van der Waals surface area contributed by atoms with Crippen LogP contribution in [0.1, 0.15) is 34.3 Å².